The molecule has 5 nitrogen and oxygen atoms in total. The number of ether oxygens (including phenoxy) is 1. The minimum absolute atomic E-state index is 0.129. The van der Waals surface area contributed by atoms with E-state index in [4.69, 9.17) is 10.5 Å². The zero-order chi connectivity index (χ0) is 15.4. The lowest BCUT2D eigenvalue weighted by atomic mass is 9.97. The van der Waals surface area contributed by atoms with Crippen molar-refractivity contribution in [2.24, 2.45) is 11.7 Å². The van der Waals surface area contributed by atoms with Crippen LogP contribution < -0.4 is 10.5 Å². The highest BCUT2D eigenvalue weighted by molar-refractivity contribution is 6.00. The van der Waals surface area contributed by atoms with Gasteiger partial charge in [0, 0.05) is 6.54 Å². The molecule has 1 amide bonds. The molecule has 1 aromatic rings. The molecule has 1 aliphatic rings. The van der Waals surface area contributed by atoms with Crippen LogP contribution in [0.4, 0.5) is 4.39 Å². The molecule has 2 N–H and O–H groups in total. The predicted octanol–water partition coefficient (Wildman–Crippen LogP) is 1.21. The molecule has 0 spiro atoms. The van der Waals surface area contributed by atoms with E-state index in [1.54, 1.807) is 0 Å². The SMILES string of the molecule is COc1ccc(F)cc1C(=O)CN1CCCC(C(N)=O)C1. The van der Waals surface area contributed by atoms with Crippen molar-refractivity contribution in [1.82, 2.24) is 4.90 Å². The maximum Gasteiger partial charge on any atom is 0.221 e. The summed E-state index contributed by atoms with van der Waals surface area (Å²) in [6.45, 7) is 1.33. The summed E-state index contributed by atoms with van der Waals surface area (Å²) in [6.07, 6.45) is 1.57. The van der Waals surface area contributed by atoms with Gasteiger partial charge in [-0.05, 0) is 37.6 Å². The van der Waals surface area contributed by atoms with Crippen molar-refractivity contribution in [3.63, 3.8) is 0 Å². The van der Waals surface area contributed by atoms with Crippen molar-refractivity contribution in [1.29, 1.82) is 0 Å². The number of methoxy groups -OCH3 is 1. The third-order valence-electron chi connectivity index (χ3n) is 3.74. The Hall–Kier alpha value is -1.95. The Bertz CT molecular complexity index is 548. The van der Waals surface area contributed by atoms with E-state index >= 15 is 0 Å². The maximum absolute atomic E-state index is 13.3. The number of rotatable bonds is 5. The number of Topliss-reactive ketones (excluding diaryl/α,β-unsaturated/α-hetero) is 1. The predicted molar refractivity (Wildman–Crippen MR) is 75.6 cm³/mol. The van der Waals surface area contributed by atoms with Crippen molar-refractivity contribution in [2.75, 3.05) is 26.7 Å². The van der Waals surface area contributed by atoms with Gasteiger partial charge in [-0.15, -0.1) is 0 Å². The molecule has 0 radical (unpaired) electrons. The van der Waals surface area contributed by atoms with Gasteiger partial charge in [-0.3, -0.25) is 14.5 Å². The molecule has 1 fully saturated rings. The first-order valence-electron chi connectivity index (χ1n) is 6.89. The summed E-state index contributed by atoms with van der Waals surface area (Å²) < 4.78 is 18.4. The number of ketones is 1. The largest absolute Gasteiger partial charge is 0.496 e. The average molecular weight is 294 g/mol. The van der Waals surface area contributed by atoms with E-state index in [2.05, 4.69) is 0 Å². The molecule has 0 bridgehead atoms. The van der Waals surface area contributed by atoms with Crippen LogP contribution in [0.2, 0.25) is 0 Å². The van der Waals surface area contributed by atoms with Gasteiger partial charge in [-0.2, -0.15) is 0 Å². The van der Waals surface area contributed by atoms with Gasteiger partial charge in [-0.25, -0.2) is 4.39 Å². The Balaban J connectivity index is 2.07. The lowest BCUT2D eigenvalue weighted by Crippen LogP contribution is -2.43. The van der Waals surface area contributed by atoms with Gasteiger partial charge in [0.15, 0.2) is 5.78 Å². The van der Waals surface area contributed by atoms with Crippen molar-refractivity contribution in [2.45, 2.75) is 12.8 Å². The number of hydrogen-bond acceptors (Lipinski definition) is 4. The molecule has 114 valence electrons. The number of piperidine rings is 1. The zero-order valence-corrected chi connectivity index (χ0v) is 12.0. The first-order chi connectivity index (χ1) is 10.0. The van der Waals surface area contributed by atoms with E-state index in [1.165, 1.54) is 25.3 Å². The number of nitrogens with zero attached hydrogens (tertiary/aromatic N) is 1. The van der Waals surface area contributed by atoms with Crippen LogP contribution in [0.25, 0.3) is 0 Å². The van der Waals surface area contributed by atoms with Gasteiger partial charge in [0.2, 0.25) is 5.91 Å². The van der Waals surface area contributed by atoms with Gasteiger partial charge < -0.3 is 10.5 Å². The lowest BCUT2D eigenvalue weighted by Gasteiger charge is -2.30. The highest BCUT2D eigenvalue weighted by Crippen LogP contribution is 2.22. The summed E-state index contributed by atoms with van der Waals surface area (Å²) in [5.41, 5.74) is 5.54. The van der Waals surface area contributed by atoms with Gasteiger partial charge >= 0.3 is 0 Å². The Morgan fingerprint density at radius 2 is 2.24 bits per heavy atom. The fourth-order valence-electron chi connectivity index (χ4n) is 2.62. The molecular weight excluding hydrogens is 275 g/mol. The Kier molecular flexibility index (Phi) is 4.90. The number of carbonyl (C=O) groups is 2. The van der Waals surface area contributed by atoms with Gasteiger partial charge in [0.1, 0.15) is 11.6 Å². The lowest BCUT2D eigenvalue weighted by molar-refractivity contribution is -0.123. The molecule has 6 heteroatoms. The number of carbonyl (C=O) groups excluding carboxylic acids is 2. The highest BCUT2D eigenvalue weighted by Gasteiger charge is 2.26. The molecule has 1 atom stereocenters. The number of primary amides is 1. The molecule has 0 aliphatic carbocycles. The molecule has 1 unspecified atom stereocenters. The second-order valence-electron chi connectivity index (χ2n) is 5.24. The number of likely N-dealkylation sites (tertiary alicyclic amines) is 1. The monoisotopic (exact) mass is 294 g/mol. The number of nitrogens with two attached hydrogens (primary N) is 1. The van der Waals surface area contributed by atoms with Crippen molar-refractivity contribution < 1.29 is 18.7 Å². The van der Waals surface area contributed by atoms with Crippen LogP contribution >= 0.6 is 0 Å². The topological polar surface area (TPSA) is 72.6 Å². The molecule has 0 saturated carbocycles. The van der Waals surface area contributed by atoms with Gasteiger partial charge in [0.25, 0.3) is 0 Å². The highest BCUT2D eigenvalue weighted by atomic mass is 19.1. The van der Waals surface area contributed by atoms with E-state index in [0.29, 0.717) is 12.3 Å². The zero-order valence-electron chi connectivity index (χ0n) is 12.0. The van der Waals surface area contributed by atoms with E-state index in [1.807, 2.05) is 4.90 Å². The van der Waals surface area contributed by atoms with E-state index in [-0.39, 0.29) is 29.7 Å². The Morgan fingerprint density at radius 3 is 2.90 bits per heavy atom. The quantitative estimate of drug-likeness (QED) is 0.829. The normalized spacial score (nSPS) is 19.2. The van der Waals surface area contributed by atoms with E-state index in [0.717, 1.165) is 19.4 Å². The summed E-state index contributed by atoms with van der Waals surface area (Å²) in [6, 6.07) is 3.86. The van der Waals surface area contributed by atoms with Crippen LogP contribution in [0.1, 0.15) is 23.2 Å². The second-order valence-corrected chi connectivity index (χ2v) is 5.24. The molecule has 0 aromatic heterocycles. The van der Waals surface area contributed by atoms with Crippen LogP contribution in [-0.4, -0.2) is 43.3 Å². The third-order valence-corrected chi connectivity index (χ3v) is 3.74. The van der Waals surface area contributed by atoms with Crippen molar-refractivity contribution in [3.8, 4) is 5.75 Å². The van der Waals surface area contributed by atoms with Crippen molar-refractivity contribution in [3.05, 3.63) is 29.6 Å². The molecule has 1 aromatic carbocycles. The van der Waals surface area contributed by atoms with Crippen LogP contribution in [0, 0.1) is 11.7 Å². The number of benzene rings is 1. The standard InChI is InChI=1S/C15H19FN2O3/c1-21-14-5-4-11(16)7-12(14)13(19)9-18-6-2-3-10(8-18)15(17)20/h4-5,7,10H,2-3,6,8-9H2,1H3,(H2,17,20). The summed E-state index contributed by atoms with van der Waals surface area (Å²) in [4.78, 5) is 25.4. The maximum atomic E-state index is 13.3. The smallest absolute Gasteiger partial charge is 0.221 e. The summed E-state index contributed by atoms with van der Waals surface area (Å²) in [5.74, 6) is -0.912. The molecule has 2 rings (SSSR count). The number of halogens is 1. The Labute approximate surface area is 122 Å². The number of hydrogen-bond donors (Lipinski definition) is 1. The molecular formula is C15H19FN2O3. The fourth-order valence-corrected chi connectivity index (χ4v) is 2.62. The third kappa shape index (κ3) is 3.78. The van der Waals surface area contributed by atoms with Crippen LogP contribution in [0.15, 0.2) is 18.2 Å². The van der Waals surface area contributed by atoms with Gasteiger partial charge in [0.05, 0.1) is 25.1 Å². The fraction of sp³-hybridized carbons (Fsp3) is 0.467. The van der Waals surface area contributed by atoms with Crippen LogP contribution in [0.3, 0.4) is 0 Å². The molecule has 1 heterocycles. The van der Waals surface area contributed by atoms with Crippen LogP contribution in [0.5, 0.6) is 5.75 Å². The first-order valence-corrected chi connectivity index (χ1v) is 6.89. The van der Waals surface area contributed by atoms with E-state index in [9.17, 15) is 14.0 Å². The summed E-state index contributed by atoms with van der Waals surface area (Å²) >= 11 is 0. The van der Waals surface area contributed by atoms with Gasteiger partial charge in [-0.1, -0.05) is 0 Å². The van der Waals surface area contributed by atoms with Crippen LogP contribution in [-0.2, 0) is 4.79 Å². The first kappa shape index (κ1) is 15.4. The molecule has 1 saturated heterocycles. The summed E-state index contributed by atoms with van der Waals surface area (Å²) in [7, 11) is 1.44. The number of amides is 1. The minimum atomic E-state index is -0.479. The molecule has 1 aliphatic heterocycles. The molecule has 21 heavy (non-hydrogen) atoms. The Morgan fingerprint density at radius 1 is 1.48 bits per heavy atom. The summed E-state index contributed by atoms with van der Waals surface area (Å²) in [5, 5.41) is 0. The second kappa shape index (κ2) is 6.67. The van der Waals surface area contributed by atoms with Crippen molar-refractivity contribution >= 4 is 11.7 Å². The minimum Gasteiger partial charge on any atom is -0.496 e. The average Bonchev–Trinajstić information content (AvgIpc) is 2.47. The van der Waals surface area contributed by atoms with E-state index < -0.39 is 5.82 Å².